The van der Waals surface area contributed by atoms with E-state index in [0.29, 0.717) is 18.3 Å². The second-order valence-corrected chi connectivity index (χ2v) is 4.81. The average Bonchev–Trinajstić information content (AvgIpc) is 2.89. The molecule has 0 amide bonds. The molecule has 1 aromatic heterocycles. The lowest BCUT2D eigenvalue weighted by Gasteiger charge is -2.09. The third-order valence-electron chi connectivity index (χ3n) is 2.56. The molecule has 1 N–H and O–H groups in total. The van der Waals surface area contributed by atoms with Crippen molar-refractivity contribution in [2.24, 2.45) is 5.92 Å². The topological polar surface area (TPSA) is 60.2 Å². The van der Waals surface area contributed by atoms with E-state index in [2.05, 4.69) is 39.9 Å². The van der Waals surface area contributed by atoms with Gasteiger partial charge in [-0.15, -0.1) is 0 Å². The van der Waals surface area contributed by atoms with Gasteiger partial charge in [-0.05, 0) is 30.2 Å². The lowest BCUT2D eigenvalue weighted by atomic mass is 10.2. The zero-order chi connectivity index (χ0) is 13.5. The lowest BCUT2D eigenvalue weighted by molar-refractivity contribution is 0.286. The molecule has 0 radical (unpaired) electrons. The highest BCUT2D eigenvalue weighted by Gasteiger charge is 2.01. The van der Waals surface area contributed by atoms with E-state index in [9.17, 15) is 0 Å². The van der Waals surface area contributed by atoms with Crippen LogP contribution in [0.5, 0.6) is 5.75 Å². The van der Waals surface area contributed by atoms with Crippen molar-refractivity contribution in [1.29, 1.82) is 0 Å². The maximum atomic E-state index is 5.61. The van der Waals surface area contributed by atoms with Crippen molar-refractivity contribution in [3.8, 4) is 5.75 Å². The largest absolute Gasteiger partial charge is 0.485 e. The Morgan fingerprint density at radius 2 is 2.26 bits per heavy atom. The van der Waals surface area contributed by atoms with Crippen molar-refractivity contribution >= 4 is 0 Å². The van der Waals surface area contributed by atoms with Gasteiger partial charge in [0, 0.05) is 6.54 Å². The number of hydrogen-bond donors (Lipinski definition) is 1. The molecular formula is C14H19N3O2. The summed E-state index contributed by atoms with van der Waals surface area (Å²) in [5.74, 6) is 2.01. The van der Waals surface area contributed by atoms with Gasteiger partial charge in [0.05, 0.1) is 0 Å². The summed E-state index contributed by atoms with van der Waals surface area (Å²) in [6.07, 6.45) is 1.30. The molecule has 0 aliphatic heterocycles. The molecule has 0 saturated carbocycles. The molecule has 1 heterocycles. The van der Waals surface area contributed by atoms with E-state index in [1.165, 1.54) is 12.0 Å². The number of hydrogen-bond acceptors (Lipinski definition) is 5. The standard InChI is InChI=1S/C14H19N3O2/c1-11(2)7-15-8-12-4-3-5-13(6-12)18-9-14-16-10-19-17-14/h3-6,10-11,15H,7-9H2,1-2H3. The van der Waals surface area contributed by atoms with E-state index in [1.807, 2.05) is 18.2 Å². The van der Waals surface area contributed by atoms with Crippen LogP contribution in [0.1, 0.15) is 25.2 Å². The molecule has 0 aliphatic rings. The monoisotopic (exact) mass is 261 g/mol. The van der Waals surface area contributed by atoms with Crippen molar-refractivity contribution in [3.05, 3.63) is 42.0 Å². The molecule has 0 aliphatic carbocycles. The van der Waals surface area contributed by atoms with Crippen LogP contribution in [0.2, 0.25) is 0 Å². The molecule has 19 heavy (non-hydrogen) atoms. The fraction of sp³-hybridized carbons (Fsp3) is 0.429. The highest BCUT2D eigenvalue weighted by atomic mass is 16.5. The van der Waals surface area contributed by atoms with Crippen LogP contribution in [-0.2, 0) is 13.2 Å². The molecule has 102 valence electrons. The summed E-state index contributed by atoms with van der Waals surface area (Å²) in [4.78, 5) is 3.91. The van der Waals surface area contributed by atoms with Gasteiger partial charge in [0.1, 0.15) is 5.75 Å². The Kier molecular flexibility index (Phi) is 4.92. The number of ether oxygens (including phenoxy) is 1. The Morgan fingerprint density at radius 1 is 1.37 bits per heavy atom. The molecule has 2 rings (SSSR count). The van der Waals surface area contributed by atoms with Crippen molar-refractivity contribution < 1.29 is 9.26 Å². The van der Waals surface area contributed by atoms with Gasteiger partial charge in [0.15, 0.2) is 6.61 Å². The first-order valence-corrected chi connectivity index (χ1v) is 6.42. The van der Waals surface area contributed by atoms with Crippen LogP contribution in [0.15, 0.2) is 35.2 Å². The fourth-order valence-electron chi connectivity index (χ4n) is 1.65. The number of nitrogens with zero attached hydrogens (tertiary/aromatic N) is 2. The van der Waals surface area contributed by atoms with Gasteiger partial charge in [-0.3, -0.25) is 0 Å². The molecule has 0 saturated heterocycles. The summed E-state index contributed by atoms with van der Waals surface area (Å²) in [6.45, 7) is 6.56. The van der Waals surface area contributed by atoms with E-state index >= 15 is 0 Å². The van der Waals surface area contributed by atoms with Gasteiger partial charge in [-0.2, -0.15) is 4.98 Å². The predicted molar refractivity (Wildman–Crippen MR) is 71.6 cm³/mol. The lowest BCUT2D eigenvalue weighted by Crippen LogP contribution is -2.18. The van der Waals surface area contributed by atoms with E-state index in [0.717, 1.165) is 18.8 Å². The highest BCUT2D eigenvalue weighted by molar-refractivity contribution is 5.28. The molecule has 5 nitrogen and oxygen atoms in total. The summed E-state index contributed by atoms with van der Waals surface area (Å²) in [5.41, 5.74) is 1.20. The molecule has 0 spiro atoms. The van der Waals surface area contributed by atoms with Crippen molar-refractivity contribution in [2.75, 3.05) is 6.54 Å². The van der Waals surface area contributed by atoms with Crippen LogP contribution < -0.4 is 10.1 Å². The molecule has 5 heteroatoms. The number of rotatable bonds is 7. The Bertz CT molecular complexity index is 483. The van der Waals surface area contributed by atoms with E-state index in [1.54, 1.807) is 0 Å². The minimum atomic E-state index is 0.319. The Labute approximate surface area is 113 Å². The first-order chi connectivity index (χ1) is 9.24. The third-order valence-corrected chi connectivity index (χ3v) is 2.56. The summed E-state index contributed by atoms with van der Waals surface area (Å²) in [5, 5.41) is 7.10. The highest BCUT2D eigenvalue weighted by Crippen LogP contribution is 2.14. The maximum absolute atomic E-state index is 5.61. The van der Waals surface area contributed by atoms with Crippen LogP contribution in [0.3, 0.4) is 0 Å². The maximum Gasteiger partial charge on any atom is 0.213 e. The predicted octanol–water partition coefficient (Wildman–Crippen LogP) is 2.39. The summed E-state index contributed by atoms with van der Waals surface area (Å²) < 4.78 is 10.3. The minimum Gasteiger partial charge on any atom is -0.485 e. The molecule has 0 atom stereocenters. The molecule has 2 aromatic rings. The average molecular weight is 261 g/mol. The van der Waals surface area contributed by atoms with Gasteiger partial charge >= 0.3 is 0 Å². The zero-order valence-corrected chi connectivity index (χ0v) is 11.3. The second kappa shape index (κ2) is 6.89. The molecule has 0 bridgehead atoms. The van der Waals surface area contributed by atoms with E-state index in [4.69, 9.17) is 4.74 Å². The first-order valence-electron chi connectivity index (χ1n) is 6.42. The van der Waals surface area contributed by atoms with Gasteiger partial charge in [-0.1, -0.05) is 31.1 Å². The van der Waals surface area contributed by atoms with Crippen LogP contribution in [0, 0.1) is 5.92 Å². The van der Waals surface area contributed by atoms with Crippen LogP contribution in [-0.4, -0.2) is 16.7 Å². The van der Waals surface area contributed by atoms with Crippen LogP contribution in [0.25, 0.3) is 0 Å². The first kappa shape index (κ1) is 13.5. The molecular weight excluding hydrogens is 242 g/mol. The van der Waals surface area contributed by atoms with Crippen molar-refractivity contribution in [3.63, 3.8) is 0 Å². The molecule has 1 aromatic carbocycles. The normalized spacial score (nSPS) is 10.9. The van der Waals surface area contributed by atoms with E-state index < -0.39 is 0 Å². The quantitative estimate of drug-likeness (QED) is 0.829. The summed E-state index contributed by atoms with van der Waals surface area (Å²) in [7, 11) is 0. The van der Waals surface area contributed by atoms with Crippen molar-refractivity contribution in [1.82, 2.24) is 15.5 Å². The van der Waals surface area contributed by atoms with E-state index in [-0.39, 0.29) is 0 Å². The van der Waals surface area contributed by atoms with Crippen LogP contribution >= 0.6 is 0 Å². The van der Waals surface area contributed by atoms with Crippen molar-refractivity contribution in [2.45, 2.75) is 27.0 Å². The Hall–Kier alpha value is -1.88. The van der Waals surface area contributed by atoms with Gasteiger partial charge in [0.25, 0.3) is 0 Å². The third kappa shape index (κ3) is 4.71. The summed E-state index contributed by atoms with van der Waals surface area (Å²) in [6, 6.07) is 8.01. The Morgan fingerprint density at radius 3 is 3.00 bits per heavy atom. The number of aromatic nitrogens is 2. The van der Waals surface area contributed by atoms with Gasteiger partial charge in [0.2, 0.25) is 12.2 Å². The molecule has 0 fully saturated rings. The fourth-order valence-corrected chi connectivity index (χ4v) is 1.65. The van der Waals surface area contributed by atoms with Gasteiger partial charge < -0.3 is 14.6 Å². The van der Waals surface area contributed by atoms with Gasteiger partial charge in [-0.25, -0.2) is 0 Å². The second-order valence-electron chi connectivity index (χ2n) is 4.81. The summed E-state index contributed by atoms with van der Waals surface area (Å²) >= 11 is 0. The van der Waals surface area contributed by atoms with Crippen LogP contribution in [0.4, 0.5) is 0 Å². The SMILES string of the molecule is CC(C)CNCc1cccc(OCc2ncon2)c1. The minimum absolute atomic E-state index is 0.319. The smallest absolute Gasteiger partial charge is 0.213 e. The molecule has 0 unspecified atom stereocenters. The zero-order valence-electron chi connectivity index (χ0n) is 11.3. The number of nitrogens with one attached hydrogen (secondary N) is 1. The Balaban J connectivity index is 1.84. The number of benzene rings is 1.